The van der Waals surface area contributed by atoms with Gasteiger partial charge in [-0.1, -0.05) is 22.0 Å². The Hall–Kier alpha value is -2.38. The molecule has 1 heterocycles. The number of carbonyl (C=O) groups is 1. The molecular formula is C19H17BrN2O3S. The number of para-hydroxylation sites is 1. The molecule has 2 aromatic carbocycles. The van der Waals surface area contributed by atoms with Crippen molar-refractivity contribution >= 4 is 38.9 Å². The lowest BCUT2D eigenvalue weighted by Crippen LogP contribution is -2.13. The molecule has 1 amide bonds. The SMILES string of the molecule is COc1cccc(-c2nc(C(=O)Nc3ccc(Br)cc3C)cs2)c1OC. The highest BCUT2D eigenvalue weighted by atomic mass is 79.9. The highest BCUT2D eigenvalue weighted by molar-refractivity contribution is 9.10. The van der Waals surface area contributed by atoms with Gasteiger partial charge in [0, 0.05) is 15.5 Å². The molecule has 1 aromatic heterocycles. The predicted octanol–water partition coefficient (Wildman–Crippen LogP) is 5.15. The van der Waals surface area contributed by atoms with Crippen LogP contribution in [0.4, 0.5) is 5.69 Å². The van der Waals surface area contributed by atoms with Gasteiger partial charge in [0.1, 0.15) is 10.7 Å². The maximum Gasteiger partial charge on any atom is 0.275 e. The van der Waals surface area contributed by atoms with Crippen molar-refractivity contribution in [1.82, 2.24) is 4.98 Å². The predicted molar refractivity (Wildman–Crippen MR) is 107 cm³/mol. The zero-order chi connectivity index (χ0) is 18.7. The number of methoxy groups -OCH3 is 2. The summed E-state index contributed by atoms with van der Waals surface area (Å²) in [5.41, 5.74) is 2.87. The highest BCUT2D eigenvalue weighted by Gasteiger charge is 2.17. The van der Waals surface area contributed by atoms with Crippen molar-refractivity contribution in [2.75, 3.05) is 19.5 Å². The first-order valence-electron chi connectivity index (χ1n) is 7.78. The smallest absolute Gasteiger partial charge is 0.275 e. The van der Waals surface area contributed by atoms with Crippen molar-refractivity contribution in [3.63, 3.8) is 0 Å². The molecule has 0 unspecified atom stereocenters. The number of halogens is 1. The number of hydrogen-bond acceptors (Lipinski definition) is 5. The molecule has 0 radical (unpaired) electrons. The number of anilines is 1. The number of nitrogens with one attached hydrogen (secondary N) is 1. The number of carbonyl (C=O) groups excluding carboxylic acids is 1. The van der Waals surface area contributed by atoms with Crippen LogP contribution in [0, 0.1) is 6.92 Å². The van der Waals surface area contributed by atoms with Crippen molar-refractivity contribution in [1.29, 1.82) is 0 Å². The van der Waals surface area contributed by atoms with Gasteiger partial charge in [0.25, 0.3) is 5.91 Å². The van der Waals surface area contributed by atoms with E-state index in [0.717, 1.165) is 21.3 Å². The number of hydrogen-bond donors (Lipinski definition) is 1. The molecule has 0 saturated heterocycles. The molecule has 7 heteroatoms. The van der Waals surface area contributed by atoms with Crippen LogP contribution < -0.4 is 14.8 Å². The van der Waals surface area contributed by atoms with Crippen LogP contribution in [0.2, 0.25) is 0 Å². The highest BCUT2D eigenvalue weighted by Crippen LogP contribution is 2.39. The van der Waals surface area contributed by atoms with Crippen LogP contribution in [-0.2, 0) is 0 Å². The lowest BCUT2D eigenvalue weighted by atomic mass is 10.2. The Morgan fingerprint density at radius 2 is 2.00 bits per heavy atom. The lowest BCUT2D eigenvalue weighted by molar-refractivity contribution is 0.102. The number of aryl methyl sites for hydroxylation is 1. The zero-order valence-corrected chi connectivity index (χ0v) is 16.9. The van der Waals surface area contributed by atoms with Crippen molar-refractivity contribution in [2.45, 2.75) is 6.92 Å². The molecule has 3 aromatic rings. The van der Waals surface area contributed by atoms with Crippen LogP contribution in [0.1, 0.15) is 16.1 Å². The Balaban J connectivity index is 1.87. The van der Waals surface area contributed by atoms with Crippen LogP contribution in [0.15, 0.2) is 46.3 Å². The lowest BCUT2D eigenvalue weighted by Gasteiger charge is -2.10. The summed E-state index contributed by atoms with van der Waals surface area (Å²) in [6.07, 6.45) is 0. The number of ether oxygens (including phenoxy) is 2. The molecule has 5 nitrogen and oxygen atoms in total. The van der Waals surface area contributed by atoms with E-state index in [4.69, 9.17) is 9.47 Å². The first-order valence-corrected chi connectivity index (χ1v) is 9.45. The standard InChI is InChI=1S/C19H17BrN2O3S/c1-11-9-12(20)7-8-14(11)21-18(23)15-10-26-19(22-15)13-5-4-6-16(24-2)17(13)25-3/h4-10H,1-3H3,(H,21,23). The number of nitrogens with zero attached hydrogens (tertiary/aromatic N) is 1. The minimum Gasteiger partial charge on any atom is -0.493 e. The summed E-state index contributed by atoms with van der Waals surface area (Å²) in [6.45, 7) is 1.94. The third-order valence-corrected chi connectivity index (χ3v) is 5.18. The van der Waals surface area contributed by atoms with E-state index in [1.54, 1.807) is 19.6 Å². The van der Waals surface area contributed by atoms with Gasteiger partial charge < -0.3 is 14.8 Å². The Kier molecular flexibility index (Phi) is 5.58. The topological polar surface area (TPSA) is 60.5 Å². The van der Waals surface area contributed by atoms with Crippen molar-refractivity contribution in [3.8, 4) is 22.1 Å². The van der Waals surface area contributed by atoms with Gasteiger partial charge in [-0.25, -0.2) is 4.98 Å². The number of benzene rings is 2. The summed E-state index contributed by atoms with van der Waals surface area (Å²) in [5.74, 6) is 0.969. The van der Waals surface area contributed by atoms with Gasteiger partial charge in [-0.05, 0) is 42.8 Å². The van der Waals surface area contributed by atoms with E-state index in [9.17, 15) is 4.79 Å². The molecule has 0 spiro atoms. The van der Waals surface area contributed by atoms with E-state index in [-0.39, 0.29) is 5.91 Å². The molecule has 0 aliphatic carbocycles. The van der Waals surface area contributed by atoms with Crippen LogP contribution in [0.25, 0.3) is 10.6 Å². The fourth-order valence-corrected chi connectivity index (χ4v) is 3.81. The van der Waals surface area contributed by atoms with E-state index in [2.05, 4.69) is 26.2 Å². The molecule has 0 fully saturated rings. The second-order valence-electron chi connectivity index (χ2n) is 5.49. The molecule has 0 aliphatic rings. The molecule has 0 saturated carbocycles. The minimum atomic E-state index is -0.250. The Bertz CT molecular complexity index is 956. The fraction of sp³-hybridized carbons (Fsp3) is 0.158. The Morgan fingerprint density at radius 3 is 2.69 bits per heavy atom. The van der Waals surface area contributed by atoms with Gasteiger partial charge in [0.15, 0.2) is 11.5 Å². The van der Waals surface area contributed by atoms with E-state index in [1.807, 2.05) is 43.3 Å². The van der Waals surface area contributed by atoms with Gasteiger partial charge >= 0.3 is 0 Å². The molecule has 0 aliphatic heterocycles. The molecule has 26 heavy (non-hydrogen) atoms. The molecule has 3 rings (SSSR count). The van der Waals surface area contributed by atoms with Gasteiger partial charge in [0.2, 0.25) is 0 Å². The second kappa shape index (κ2) is 7.88. The van der Waals surface area contributed by atoms with Crippen molar-refractivity contribution < 1.29 is 14.3 Å². The van der Waals surface area contributed by atoms with Gasteiger partial charge in [-0.15, -0.1) is 11.3 Å². The van der Waals surface area contributed by atoms with Crippen LogP contribution in [0.5, 0.6) is 11.5 Å². The van der Waals surface area contributed by atoms with Crippen LogP contribution >= 0.6 is 27.3 Å². The molecular weight excluding hydrogens is 416 g/mol. The summed E-state index contributed by atoms with van der Waals surface area (Å²) in [4.78, 5) is 17.0. The summed E-state index contributed by atoms with van der Waals surface area (Å²) in [7, 11) is 3.17. The number of thiazole rings is 1. The Morgan fingerprint density at radius 1 is 1.19 bits per heavy atom. The summed E-state index contributed by atoms with van der Waals surface area (Å²) in [6, 6.07) is 11.3. The van der Waals surface area contributed by atoms with Crippen LogP contribution in [0.3, 0.4) is 0 Å². The number of rotatable bonds is 5. The maximum atomic E-state index is 12.5. The molecule has 134 valence electrons. The number of aromatic nitrogens is 1. The van der Waals surface area contributed by atoms with Crippen molar-refractivity contribution in [3.05, 3.63) is 57.5 Å². The normalized spacial score (nSPS) is 10.5. The van der Waals surface area contributed by atoms with E-state index in [0.29, 0.717) is 22.2 Å². The van der Waals surface area contributed by atoms with E-state index < -0.39 is 0 Å². The van der Waals surface area contributed by atoms with Gasteiger partial charge in [-0.3, -0.25) is 4.79 Å². The average molecular weight is 433 g/mol. The first-order chi connectivity index (χ1) is 12.5. The third-order valence-electron chi connectivity index (χ3n) is 3.81. The fourth-order valence-electron chi connectivity index (χ4n) is 2.51. The van der Waals surface area contributed by atoms with Crippen LogP contribution in [-0.4, -0.2) is 25.1 Å². The second-order valence-corrected chi connectivity index (χ2v) is 7.27. The summed E-state index contributed by atoms with van der Waals surface area (Å²) < 4.78 is 11.7. The maximum absolute atomic E-state index is 12.5. The monoisotopic (exact) mass is 432 g/mol. The summed E-state index contributed by atoms with van der Waals surface area (Å²) >= 11 is 4.80. The molecule has 0 bridgehead atoms. The molecule has 0 atom stereocenters. The van der Waals surface area contributed by atoms with E-state index in [1.165, 1.54) is 11.3 Å². The Labute approximate surface area is 164 Å². The number of amides is 1. The quantitative estimate of drug-likeness (QED) is 0.605. The van der Waals surface area contributed by atoms with E-state index >= 15 is 0 Å². The molecule has 1 N–H and O–H groups in total. The van der Waals surface area contributed by atoms with Gasteiger partial charge in [0.05, 0.1) is 19.8 Å². The van der Waals surface area contributed by atoms with Gasteiger partial charge in [-0.2, -0.15) is 0 Å². The average Bonchev–Trinajstić information content (AvgIpc) is 3.13. The third kappa shape index (κ3) is 3.73. The summed E-state index contributed by atoms with van der Waals surface area (Å²) in [5, 5.41) is 5.33. The zero-order valence-electron chi connectivity index (χ0n) is 14.5. The largest absolute Gasteiger partial charge is 0.493 e. The minimum absolute atomic E-state index is 0.250. The first kappa shape index (κ1) is 18.4. The van der Waals surface area contributed by atoms with Crippen molar-refractivity contribution in [2.24, 2.45) is 0 Å².